The average Bonchev–Trinajstić information content (AvgIpc) is 2.78. The van der Waals surface area contributed by atoms with Gasteiger partial charge in [0.1, 0.15) is 11.5 Å². The first-order valence-electron chi connectivity index (χ1n) is 9.56. The summed E-state index contributed by atoms with van der Waals surface area (Å²) in [5.74, 6) is -0.741. The van der Waals surface area contributed by atoms with Gasteiger partial charge in [0.25, 0.3) is 11.5 Å². The van der Waals surface area contributed by atoms with Gasteiger partial charge in [-0.25, -0.2) is 8.42 Å². The number of ether oxygens (including phenoxy) is 1. The third-order valence-corrected chi connectivity index (χ3v) is 6.97. The van der Waals surface area contributed by atoms with Gasteiger partial charge in [-0.3, -0.25) is 9.59 Å². The number of hydrogen-bond acceptors (Lipinski definition) is 6. The first-order chi connectivity index (χ1) is 15.7. The van der Waals surface area contributed by atoms with Crippen LogP contribution in [-0.4, -0.2) is 31.5 Å². The van der Waals surface area contributed by atoms with Crippen molar-refractivity contribution in [2.75, 3.05) is 12.4 Å². The summed E-state index contributed by atoms with van der Waals surface area (Å²) in [5.41, 5.74) is -0.249. The van der Waals surface area contributed by atoms with Gasteiger partial charge in [0.15, 0.2) is 4.90 Å². The Bertz CT molecular complexity index is 1550. The Balaban J connectivity index is 1.74. The summed E-state index contributed by atoms with van der Waals surface area (Å²) >= 11 is 5.92. The van der Waals surface area contributed by atoms with Crippen LogP contribution in [-0.2, 0) is 9.84 Å². The number of carbonyl (C=O) groups excluding carboxylic acids is 1. The molecule has 4 aromatic rings. The van der Waals surface area contributed by atoms with Gasteiger partial charge in [0, 0.05) is 21.7 Å². The number of aromatic nitrogens is 1. The Kier molecular flexibility index (Phi) is 5.84. The van der Waals surface area contributed by atoms with Crippen molar-refractivity contribution < 1.29 is 23.1 Å². The van der Waals surface area contributed by atoms with Crippen LogP contribution in [0.3, 0.4) is 0 Å². The zero-order chi connectivity index (χ0) is 23.8. The van der Waals surface area contributed by atoms with E-state index >= 15 is 0 Å². The Hall–Kier alpha value is -3.82. The first-order valence-corrected chi connectivity index (χ1v) is 11.4. The van der Waals surface area contributed by atoms with E-state index in [4.69, 9.17) is 16.3 Å². The van der Waals surface area contributed by atoms with Crippen LogP contribution in [0.4, 0.5) is 5.69 Å². The van der Waals surface area contributed by atoms with Gasteiger partial charge in [-0.2, -0.15) is 0 Å². The molecule has 0 spiro atoms. The lowest BCUT2D eigenvalue weighted by molar-refractivity contribution is 0.102. The van der Waals surface area contributed by atoms with Crippen molar-refractivity contribution in [3.8, 4) is 11.5 Å². The van der Waals surface area contributed by atoms with E-state index in [0.29, 0.717) is 16.5 Å². The number of methoxy groups -OCH3 is 1. The molecule has 0 aliphatic carbocycles. The number of amides is 1. The van der Waals surface area contributed by atoms with Gasteiger partial charge in [-0.15, -0.1) is 0 Å². The minimum absolute atomic E-state index is 0.0704. The van der Waals surface area contributed by atoms with Crippen molar-refractivity contribution in [3.63, 3.8) is 0 Å². The maximum absolute atomic E-state index is 13.0. The summed E-state index contributed by atoms with van der Waals surface area (Å²) in [6.07, 6.45) is 0. The molecule has 1 amide bonds. The van der Waals surface area contributed by atoms with Crippen molar-refractivity contribution in [2.24, 2.45) is 0 Å². The SMILES string of the molecule is COc1ccc(S(=O)(=O)c2c(O)c3ccc(C(=O)Nc4cccc(Cl)c4)cc3[nH]c2=O)cc1. The number of aromatic amines is 1. The lowest BCUT2D eigenvalue weighted by Crippen LogP contribution is -2.19. The summed E-state index contributed by atoms with van der Waals surface area (Å²) in [6, 6.07) is 16.1. The molecular formula is C23H17ClN2O6S. The lowest BCUT2D eigenvalue weighted by Gasteiger charge is -2.11. The van der Waals surface area contributed by atoms with Gasteiger partial charge in [0.2, 0.25) is 9.84 Å². The highest BCUT2D eigenvalue weighted by Gasteiger charge is 2.27. The van der Waals surface area contributed by atoms with E-state index < -0.39 is 31.9 Å². The van der Waals surface area contributed by atoms with E-state index in [1.54, 1.807) is 24.3 Å². The van der Waals surface area contributed by atoms with E-state index in [1.165, 1.54) is 49.6 Å². The molecule has 33 heavy (non-hydrogen) atoms. The van der Waals surface area contributed by atoms with Crippen molar-refractivity contribution >= 4 is 43.9 Å². The second kappa shape index (κ2) is 8.61. The maximum atomic E-state index is 13.0. The maximum Gasteiger partial charge on any atom is 0.271 e. The number of rotatable bonds is 5. The summed E-state index contributed by atoms with van der Waals surface area (Å²) in [7, 11) is -2.89. The van der Waals surface area contributed by atoms with Crippen molar-refractivity contribution in [1.82, 2.24) is 4.98 Å². The van der Waals surface area contributed by atoms with Crippen molar-refractivity contribution in [1.29, 1.82) is 0 Å². The van der Waals surface area contributed by atoms with Crippen LogP contribution < -0.4 is 15.6 Å². The topological polar surface area (TPSA) is 126 Å². The molecule has 3 aromatic carbocycles. The molecule has 0 aliphatic rings. The average molecular weight is 485 g/mol. The minimum atomic E-state index is -4.33. The Morgan fingerprint density at radius 1 is 1.06 bits per heavy atom. The molecule has 8 nitrogen and oxygen atoms in total. The van der Waals surface area contributed by atoms with Crippen molar-refractivity contribution in [2.45, 2.75) is 9.79 Å². The van der Waals surface area contributed by atoms with Crippen molar-refractivity contribution in [3.05, 3.63) is 87.7 Å². The van der Waals surface area contributed by atoms with Gasteiger partial charge in [-0.1, -0.05) is 17.7 Å². The molecule has 1 aromatic heterocycles. The molecule has 1 heterocycles. The fourth-order valence-corrected chi connectivity index (χ4v) is 4.88. The fourth-order valence-electron chi connectivity index (χ4n) is 3.30. The monoisotopic (exact) mass is 484 g/mol. The predicted octanol–water partition coefficient (Wildman–Crippen LogP) is 3.98. The number of aromatic hydroxyl groups is 1. The highest BCUT2D eigenvalue weighted by atomic mass is 35.5. The van der Waals surface area contributed by atoms with Crippen LogP contribution in [0.5, 0.6) is 11.5 Å². The largest absolute Gasteiger partial charge is 0.506 e. The summed E-state index contributed by atoms with van der Waals surface area (Å²) < 4.78 is 31.1. The van der Waals surface area contributed by atoms with Gasteiger partial charge < -0.3 is 20.1 Å². The highest BCUT2D eigenvalue weighted by molar-refractivity contribution is 7.91. The van der Waals surface area contributed by atoms with Gasteiger partial charge in [0.05, 0.1) is 17.5 Å². The summed E-state index contributed by atoms with van der Waals surface area (Å²) in [4.78, 5) is 26.7. The van der Waals surface area contributed by atoms with Crippen LogP contribution in [0.25, 0.3) is 10.9 Å². The molecule has 0 radical (unpaired) electrons. The van der Waals surface area contributed by atoms with Crippen LogP contribution in [0.1, 0.15) is 10.4 Å². The fraction of sp³-hybridized carbons (Fsp3) is 0.0435. The zero-order valence-corrected chi connectivity index (χ0v) is 18.7. The number of benzene rings is 3. The number of fused-ring (bicyclic) bond motifs is 1. The van der Waals surface area contributed by atoms with E-state index in [0.717, 1.165) is 0 Å². The zero-order valence-electron chi connectivity index (χ0n) is 17.1. The Labute approximate surface area is 193 Å². The number of nitrogens with one attached hydrogen (secondary N) is 2. The molecule has 3 N–H and O–H groups in total. The van der Waals surface area contributed by atoms with Gasteiger partial charge >= 0.3 is 0 Å². The minimum Gasteiger partial charge on any atom is -0.506 e. The third-order valence-electron chi connectivity index (χ3n) is 4.93. The van der Waals surface area contributed by atoms with Crippen LogP contribution in [0.15, 0.2) is 81.3 Å². The number of halogens is 1. The standard InChI is InChI=1S/C23H17ClN2O6S/c1-32-16-6-8-17(9-7-16)33(30,31)21-20(27)18-10-5-13(11-19(18)26-23(21)29)22(28)25-15-4-2-3-14(24)12-15/h2-12H,1H3,(H,25,28)(H2,26,27,29). The number of sulfone groups is 1. The normalized spacial score (nSPS) is 11.3. The summed E-state index contributed by atoms with van der Waals surface area (Å²) in [5, 5.41) is 13.9. The molecule has 0 saturated carbocycles. The molecule has 10 heteroatoms. The second-order valence-electron chi connectivity index (χ2n) is 7.04. The van der Waals surface area contributed by atoms with E-state index in [-0.39, 0.29) is 21.4 Å². The number of pyridine rings is 1. The molecule has 0 aliphatic heterocycles. The summed E-state index contributed by atoms with van der Waals surface area (Å²) in [6.45, 7) is 0. The molecule has 0 bridgehead atoms. The number of carbonyl (C=O) groups is 1. The van der Waals surface area contributed by atoms with Crippen LogP contribution >= 0.6 is 11.6 Å². The first kappa shape index (κ1) is 22.4. The third kappa shape index (κ3) is 4.28. The number of anilines is 1. The van der Waals surface area contributed by atoms with E-state index in [1.807, 2.05) is 0 Å². The molecule has 0 fully saturated rings. The second-order valence-corrected chi connectivity index (χ2v) is 9.36. The lowest BCUT2D eigenvalue weighted by atomic mass is 10.1. The molecule has 0 unspecified atom stereocenters. The molecule has 0 saturated heterocycles. The molecule has 4 rings (SSSR count). The molecular weight excluding hydrogens is 468 g/mol. The quantitative estimate of drug-likeness (QED) is 0.393. The molecule has 168 valence electrons. The Morgan fingerprint density at radius 2 is 1.79 bits per heavy atom. The van der Waals surface area contributed by atoms with Crippen LogP contribution in [0.2, 0.25) is 5.02 Å². The predicted molar refractivity (Wildman–Crippen MR) is 124 cm³/mol. The smallest absolute Gasteiger partial charge is 0.271 e. The number of hydrogen-bond donors (Lipinski definition) is 3. The van der Waals surface area contributed by atoms with E-state index in [9.17, 15) is 23.1 Å². The number of H-pyrrole nitrogens is 1. The molecule has 0 atom stereocenters. The highest BCUT2D eigenvalue weighted by Crippen LogP contribution is 2.32. The van der Waals surface area contributed by atoms with Crippen LogP contribution in [0, 0.1) is 0 Å². The van der Waals surface area contributed by atoms with E-state index in [2.05, 4.69) is 10.3 Å². The van der Waals surface area contributed by atoms with Gasteiger partial charge in [-0.05, 0) is 60.7 Å². The Morgan fingerprint density at radius 3 is 2.45 bits per heavy atom.